The monoisotopic (exact) mass is 315 g/mol. The number of ether oxygens (including phenoxy) is 1. The fourth-order valence-corrected chi connectivity index (χ4v) is 2.18. The summed E-state index contributed by atoms with van der Waals surface area (Å²) in [5, 5.41) is 23.8. The summed E-state index contributed by atoms with van der Waals surface area (Å²) in [5.41, 5.74) is 0. The molecule has 22 heavy (non-hydrogen) atoms. The Morgan fingerprint density at radius 3 is 2.27 bits per heavy atom. The smallest absolute Gasteiger partial charge is 0.426 e. The molecule has 8 nitrogen and oxygen atoms in total. The van der Waals surface area contributed by atoms with Gasteiger partial charge in [-0.05, 0) is 19.3 Å². The van der Waals surface area contributed by atoms with Gasteiger partial charge in [0, 0.05) is 13.1 Å². The molecule has 0 radical (unpaired) electrons. The molecule has 1 saturated heterocycles. The van der Waals surface area contributed by atoms with Crippen LogP contribution in [0.4, 0.5) is 4.79 Å². The van der Waals surface area contributed by atoms with Crippen LogP contribution in [0.25, 0.3) is 0 Å². The Morgan fingerprint density at radius 2 is 1.77 bits per heavy atom. The Balaban J connectivity index is 2.47. The fourth-order valence-electron chi connectivity index (χ4n) is 2.18. The number of hydrogen-bond donors (Lipinski definition) is 4. The van der Waals surface area contributed by atoms with Crippen molar-refractivity contribution in [1.29, 1.82) is 0 Å². The topological polar surface area (TPSA) is 111 Å². The maximum atomic E-state index is 12.1. The van der Waals surface area contributed by atoms with E-state index in [1.165, 1.54) is 0 Å². The molecular weight excluding hydrogens is 289 g/mol. The third kappa shape index (κ3) is 6.21. The largest absolute Gasteiger partial charge is 0.475 e. The van der Waals surface area contributed by atoms with Gasteiger partial charge in [0.15, 0.2) is 0 Å². The molecule has 0 aromatic carbocycles. The van der Waals surface area contributed by atoms with Crippen LogP contribution in [0.5, 0.6) is 0 Å². The van der Waals surface area contributed by atoms with Gasteiger partial charge >= 0.3 is 13.1 Å². The van der Waals surface area contributed by atoms with Gasteiger partial charge in [-0.1, -0.05) is 13.8 Å². The molecule has 1 aliphatic rings. The summed E-state index contributed by atoms with van der Waals surface area (Å²) in [7, 11) is -1.63. The predicted octanol–water partition coefficient (Wildman–Crippen LogP) is -1.04. The molecule has 0 aromatic rings. The Kier molecular flexibility index (Phi) is 7.64. The van der Waals surface area contributed by atoms with E-state index in [4.69, 9.17) is 4.74 Å². The summed E-state index contributed by atoms with van der Waals surface area (Å²) < 4.78 is 5.16. The number of amides is 3. The second-order valence-electron chi connectivity index (χ2n) is 5.93. The lowest BCUT2D eigenvalue weighted by atomic mass is 9.75. The van der Waals surface area contributed by atoms with Gasteiger partial charge < -0.3 is 30.3 Å². The molecule has 4 N–H and O–H groups in total. The first-order valence-electron chi connectivity index (χ1n) is 7.61. The first-order chi connectivity index (χ1) is 10.3. The normalized spacial score (nSPS) is 17.8. The molecule has 0 unspecified atom stereocenters. The van der Waals surface area contributed by atoms with Crippen LogP contribution in [0.1, 0.15) is 27.2 Å². The van der Waals surface area contributed by atoms with E-state index < -0.39 is 25.0 Å². The van der Waals surface area contributed by atoms with E-state index in [1.807, 2.05) is 13.8 Å². The molecule has 0 bridgehead atoms. The Morgan fingerprint density at radius 1 is 1.18 bits per heavy atom. The standard InChI is InChI=1S/C13H26BN3O5/c1-9(2)8-11(14(20)21)16-12(18)10(3)15-13(19)17-4-6-22-7-5-17/h9-11,20-21H,4-8H2,1-3H3,(H,15,19)(H,16,18)/t10-,11-/m0/s1. The highest BCUT2D eigenvalue weighted by Gasteiger charge is 2.29. The SMILES string of the molecule is CC(C)C[C@H](NC(=O)[C@H](C)NC(=O)N1CCOCC1)B(O)O. The lowest BCUT2D eigenvalue weighted by Gasteiger charge is -2.28. The molecule has 2 atom stereocenters. The van der Waals surface area contributed by atoms with Crippen LogP contribution in [0.3, 0.4) is 0 Å². The Hall–Kier alpha value is -1.32. The van der Waals surface area contributed by atoms with Crippen molar-refractivity contribution in [3.8, 4) is 0 Å². The second-order valence-corrected chi connectivity index (χ2v) is 5.93. The Bertz CT molecular complexity index is 375. The zero-order valence-corrected chi connectivity index (χ0v) is 13.4. The lowest BCUT2D eigenvalue weighted by molar-refractivity contribution is -0.123. The van der Waals surface area contributed by atoms with Gasteiger partial charge in [0.1, 0.15) is 6.04 Å². The number of nitrogens with one attached hydrogen (secondary N) is 2. The molecule has 0 aliphatic carbocycles. The number of urea groups is 1. The molecule has 9 heteroatoms. The first kappa shape index (κ1) is 18.7. The minimum Gasteiger partial charge on any atom is -0.426 e. The minimum atomic E-state index is -1.63. The molecule has 0 saturated carbocycles. The number of carbonyl (C=O) groups is 2. The van der Waals surface area contributed by atoms with Crippen LogP contribution in [0, 0.1) is 5.92 Å². The van der Waals surface area contributed by atoms with Crippen LogP contribution in [-0.4, -0.2) is 72.3 Å². The third-order valence-electron chi connectivity index (χ3n) is 3.44. The van der Waals surface area contributed by atoms with Crippen molar-refractivity contribution in [2.75, 3.05) is 26.3 Å². The van der Waals surface area contributed by atoms with Gasteiger partial charge in [0.2, 0.25) is 5.91 Å². The number of carbonyl (C=O) groups excluding carboxylic acids is 2. The molecular formula is C13H26BN3O5. The first-order valence-corrected chi connectivity index (χ1v) is 7.61. The average Bonchev–Trinajstić information content (AvgIpc) is 2.46. The molecule has 126 valence electrons. The Labute approximate surface area is 131 Å². The summed E-state index contributed by atoms with van der Waals surface area (Å²) in [6.45, 7) is 7.36. The summed E-state index contributed by atoms with van der Waals surface area (Å²) >= 11 is 0. The maximum absolute atomic E-state index is 12.1. The zero-order valence-electron chi connectivity index (χ0n) is 13.4. The van der Waals surface area contributed by atoms with Crippen molar-refractivity contribution in [3.63, 3.8) is 0 Å². The van der Waals surface area contributed by atoms with E-state index in [0.717, 1.165) is 0 Å². The van der Waals surface area contributed by atoms with E-state index in [-0.39, 0.29) is 11.9 Å². The molecule has 1 fully saturated rings. The van der Waals surface area contributed by atoms with E-state index in [2.05, 4.69) is 10.6 Å². The molecule has 0 aromatic heterocycles. The van der Waals surface area contributed by atoms with Gasteiger partial charge in [0.05, 0.1) is 19.2 Å². The van der Waals surface area contributed by atoms with Crippen LogP contribution < -0.4 is 10.6 Å². The van der Waals surface area contributed by atoms with Crippen molar-refractivity contribution in [2.45, 2.75) is 39.2 Å². The number of hydrogen-bond acceptors (Lipinski definition) is 5. The summed E-state index contributed by atoms with van der Waals surface area (Å²) in [4.78, 5) is 25.6. The lowest BCUT2D eigenvalue weighted by Crippen LogP contribution is -2.56. The van der Waals surface area contributed by atoms with Crippen LogP contribution in [0.15, 0.2) is 0 Å². The van der Waals surface area contributed by atoms with Crippen molar-refractivity contribution in [3.05, 3.63) is 0 Å². The zero-order chi connectivity index (χ0) is 16.7. The van der Waals surface area contributed by atoms with Gasteiger partial charge in [-0.3, -0.25) is 4.79 Å². The number of morpholine rings is 1. The van der Waals surface area contributed by atoms with E-state index in [9.17, 15) is 19.6 Å². The van der Waals surface area contributed by atoms with Crippen LogP contribution in [-0.2, 0) is 9.53 Å². The molecule has 0 spiro atoms. The van der Waals surface area contributed by atoms with Gasteiger partial charge in [-0.2, -0.15) is 0 Å². The second kappa shape index (κ2) is 8.97. The number of nitrogens with zero attached hydrogens (tertiary/aromatic N) is 1. The summed E-state index contributed by atoms with van der Waals surface area (Å²) in [6.07, 6.45) is 0.438. The quantitative estimate of drug-likeness (QED) is 0.468. The maximum Gasteiger partial charge on any atom is 0.475 e. The van der Waals surface area contributed by atoms with Crippen molar-refractivity contribution >= 4 is 19.1 Å². The summed E-state index contributed by atoms with van der Waals surface area (Å²) in [6, 6.07) is -1.08. The van der Waals surface area contributed by atoms with E-state index in [0.29, 0.717) is 32.7 Å². The molecule has 1 rings (SSSR count). The van der Waals surface area contributed by atoms with Gasteiger partial charge in [-0.25, -0.2) is 4.79 Å². The molecule has 1 heterocycles. The van der Waals surface area contributed by atoms with Crippen LogP contribution in [0.2, 0.25) is 0 Å². The predicted molar refractivity (Wildman–Crippen MR) is 82.0 cm³/mol. The third-order valence-corrected chi connectivity index (χ3v) is 3.44. The van der Waals surface area contributed by atoms with Crippen molar-refractivity contribution in [2.24, 2.45) is 5.92 Å². The molecule has 3 amide bonds. The van der Waals surface area contributed by atoms with E-state index in [1.54, 1.807) is 11.8 Å². The fraction of sp³-hybridized carbons (Fsp3) is 0.846. The van der Waals surface area contributed by atoms with Crippen LogP contribution >= 0.6 is 0 Å². The highest BCUT2D eigenvalue weighted by Crippen LogP contribution is 2.06. The molecule has 1 aliphatic heterocycles. The average molecular weight is 315 g/mol. The van der Waals surface area contributed by atoms with Gasteiger partial charge in [-0.15, -0.1) is 0 Å². The minimum absolute atomic E-state index is 0.199. The van der Waals surface area contributed by atoms with E-state index >= 15 is 0 Å². The highest BCUT2D eigenvalue weighted by molar-refractivity contribution is 6.43. The summed E-state index contributed by atoms with van der Waals surface area (Å²) in [5.74, 6) is -0.999. The number of rotatable bonds is 6. The van der Waals surface area contributed by atoms with Gasteiger partial charge in [0.25, 0.3) is 0 Å². The van der Waals surface area contributed by atoms with Crippen molar-refractivity contribution < 1.29 is 24.4 Å². The highest BCUT2D eigenvalue weighted by atomic mass is 16.5. The van der Waals surface area contributed by atoms with Crippen molar-refractivity contribution in [1.82, 2.24) is 15.5 Å².